The van der Waals surface area contributed by atoms with Gasteiger partial charge in [-0.3, -0.25) is 13.9 Å². The zero-order valence-corrected chi connectivity index (χ0v) is 20.5. The molecule has 0 aliphatic carbocycles. The molecule has 3 aromatic carbocycles. The molecule has 1 amide bonds. The van der Waals surface area contributed by atoms with Gasteiger partial charge in [0, 0.05) is 12.7 Å². The number of nitrogens with one attached hydrogen (secondary N) is 1. The number of amides is 1. The van der Waals surface area contributed by atoms with Crippen molar-refractivity contribution < 1.29 is 22.3 Å². The number of benzene rings is 3. The van der Waals surface area contributed by atoms with Crippen LogP contribution in [0.1, 0.15) is 6.92 Å². The highest BCUT2D eigenvalue weighted by Crippen LogP contribution is 2.27. The average molecular weight is 516 g/mol. The summed E-state index contributed by atoms with van der Waals surface area (Å²) in [7, 11) is -2.54. The number of aryl methyl sites for hydroxylation is 1. The van der Waals surface area contributed by atoms with Gasteiger partial charge in [-0.15, -0.1) is 0 Å². The van der Waals surface area contributed by atoms with Gasteiger partial charge in [0.2, 0.25) is 5.91 Å². The monoisotopic (exact) mass is 515 g/mol. The van der Waals surface area contributed by atoms with Crippen LogP contribution in [-0.2, 0) is 21.9 Å². The summed E-state index contributed by atoms with van der Waals surface area (Å²) in [6.07, 6.45) is 0. The maximum Gasteiger partial charge on any atom is 0.307 e. The standard InChI is InChI=1S/C24H22FN3O5S2/c1-3-33-19-9-7-18(8-10-19)28(35(31,32)20-11-4-16(25)5-12-20)15-23(29)26-17-6-13-21-22(14-17)34-24(30)27(21)2/h4-14H,3,15H2,1-2H3,(H,26,29). The summed E-state index contributed by atoms with van der Waals surface area (Å²) in [6, 6.07) is 15.7. The first-order chi connectivity index (χ1) is 16.7. The van der Waals surface area contributed by atoms with E-state index < -0.39 is 28.3 Å². The quantitative estimate of drug-likeness (QED) is 0.383. The van der Waals surface area contributed by atoms with Gasteiger partial charge < -0.3 is 14.6 Å². The van der Waals surface area contributed by atoms with E-state index in [-0.39, 0.29) is 15.5 Å². The molecule has 8 nitrogen and oxygen atoms in total. The van der Waals surface area contributed by atoms with E-state index in [0.29, 0.717) is 22.7 Å². The lowest BCUT2D eigenvalue weighted by Crippen LogP contribution is -2.38. The van der Waals surface area contributed by atoms with Crippen LogP contribution in [0, 0.1) is 5.82 Å². The molecule has 0 fully saturated rings. The Morgan fingerprint density at radius 1 is 1.09 bits per heavy atom. The zero-order valence-electron chi connectivity index (χ0n) is 18.9. The molecule has 4 rings (SSSR count). The van der Waals surface area contributed by atoms with E-state index in [0.717, 1.165) is 45.4 Å². The molecule has 0 bridgehead atoms. The van der Waals surface area contributed by atoms with Crippen LogP contribution in [-0.4, -0.2) is 32.0 Å². The minimum absolute atomic E-state index is 0.129. The highest BCUT2D eigenvalue weighted by Gasteiger charge is 2.27. The number of carbonyl (C=O) groups is 1. The number of sulfonamides is 1. The van der Waals surface area contributed by atoms with E-state index in [1.54, 1.807) is 37.4 Å². The van der Waals surface area contributed by atoms with E-state index in [4.69, 9.17) is 4.74 Å². The summed E-state index contributed by atoms with van der Waals surface area (Å²) < 4.78 is 48.8. The second-order valence-electron chi connectivity index (χ2n) is 7.55. The number of thiazole rings is 1. The summed E-state index contributed by atoms with van der Waals surface area (Å²) in [5, 5.41) is 2.69. The molecular formula is C24H22FN3O5S2. The van der Waals surface area contributed by atoms with Gasteiger partial charge in [0.15, 0.2) is 0 Å². The van der Waals surface area contributed by atoms with Gasteiger partial charge in [-0.05, 0) is 73.7 Å². The number of ether oxygens (including phenoxy) is 1. The molecule has 0 aliphatic rings. The summed E-state index contributed by atoms with van der Waals surface area (Å²) in [6.45, 7) is 1.74. The topological polar surface area (TPSA) is 97.7 Å². The SMILES string of the molecule is CCOc1ccc(N(CC(=O)Nc2ccc3c(c2)sc(=O)n3C)S(=O)(=O)c2ccc(F)cc2)cc1. The molecule has 1 aromatic heterocycles. The van der Waals surface area contributed by atoms with Crippen molar-refractivity contribution in [3.63, 3.8) is 0 Å². The predicted octanol–water partition coefficient (Wildman–Crippen LogP) is 3.97. The lowest BCUT2D eigenvalue weighted by atomic mass is 10.3. The van der Waals surface area contributed by atoms with Crippen molar-refractivity contribution in [3.05, 3.63) is 82.2 Å². The highest BCUT2D eigenvalue weighted by atomic mass is 32.2. The zero-order chi connectivity index (χ0) is 25.2. The van der Waals surface area contributed by atoms with Gasteiger partial charge in [0.1, 0.15) is 18.1 Å². The van der Waals surface area contributed by atoms with Crippen LogP contribution in [0.5, 0.6) is 5.75 Å². The first kappa shape index (κ1) is 24.4. The Hall–Kier alpha value is -3.70. The molecule has 182 valence electrons. The second kappa shape index (κ2) is 9.88. The first-order valence-corrected chi connectivity index (χ1v) is 12.9. The van der Waals surface area contributed by atoms with Crippen LogP contribution in [0.3, 0.4) is 0 Å². The minimum atomic E-state index is -4.20. The fourth-order valence-corrected chi connectivity index (χ4v) is 5.81. The Kier molecular flexibility index (Phi) is 6.90. The molecule has 4 aromatic rings. The van der Waals surface area contributed by atoms with Crippen LogP contribution in [0.15, 0.2) is 76.4 Å². The third kappa shape index (κ3) is 5.20. The summed E-state index contributed by atoms with van der Waals surface area (Å²) >= 11 is 1.05. The second-order valence-corrected chi connectivity index (χ2v) is 10.4. The van der Waals surface area contributed by atoms with E-state index in [1.807, 2.05) is 6.92 Å². The molecule has 1 N–H and O–H groups in total. The lowest BCUT2D eigenvalue weighted by molar-refractivity contribution is -0.114. The van der Waals surface area contributed by atoms with E-state index in [9.17, 15) is 22.4 Å². The molecule has 0 unspecified atom stereocenters. The number of carbonyl (C=O) groups excluding carboxylic acids is 1. The third-order valence-corrected chi connectivity index (χ3v) is 7.98. The normalized spacial score (nSPS) is 11.4. The van der Waals surface area contributed by atoms with E-state index in [2.05, 4.69) is 5.32 Å². The molecular weight excluding hydrogens is 493 g/mol. The number of halogens is 1. The fraction of sp³-hybridized carbons (Fsp3) is 0.167. The maximum atomic E-state index is 13.4. The van der Waals surface area contributed by atoms with Crippen molar-refractivity contribution in [1.82, 2.24) is 4.57 Å². The van der Waals surface area contributed by atoms with Crippen molar-refractivity contribution in [2.45, 2.75) is 11.8 Å². The van der Waals surface area contributed by atoms with Crippen LogP contribution in [0.4, 0.5) is 15.8 Å². The van der Waals surface area contributed by atoms with Crippen LogP contribution in [0.25, 0.3) is 10.2 Å². The van der Waals surface area contributed by atoms with E-state index >= 15 is 0 Å². The number of nitrogens with zero attached hydrogens (tertiary/aromatic N) is 2. The number of hydrogen-bond acceptors (Lipinski definition) is 6. The number of hydrogen-bond donors (Lipinski definition) is 1. The van der Waals surface area contributed by atoms with Gasteiger partial charge in [0.25, 0.3) is 10.0 Å². The van der Waals surface area contributed by atoms with Gasteiger partial charge >= 0.3 is 4.87 Å². The molecule has 0 aliphatic heterocycles. The molecule has 1 heterocycles. The Morgan fingerprint density at radius 3 is 2.43 bits per heavy atom. The molecule has 35 heavy (non-hydrogen) atoms. The Bertz CT molecular complexity index is 1530. The van der Waals surface area contributed by atoms with Gasteiger partial charge in [-0.2, -0.15) is 0 Å². The van der Waals surface area contributed by atoms with Crippen LogP contribution in [0.2, 0.25) is 0 Å². The molecule has 0 atom stereocenters. The van der Waals surface area contributed by atoms with Crippen molar-refractivity contribution in [2.75, 3.05) is 22.8 Å². The minimum Gasteiger partial charge on any atom is -0.494 e. The van der Waals surface area contributed by atoms with Crippen molar-refractivity contribution >= 4 is 48.9 Å². The number of fused-ring (bicyclic) bond motifs is 1. The number of rotatable bonds is 8. The third-order valence-electron chi connectivity index (χ3n) is 5.20. The van der Waals surface area contributed by atoms with Crippen LogP contribution >= 0.6 is 11.3 Å². The smallest absolute Gasteiger partial charge is 0.307 e. The molecule has 0 spiro atoms. The van der Waals surface area contributed by atoms with Crippen LogP contribution < -0.4 is 19.2 Å². The van der Waals surface area contributed by atoms with Crippen molar-refractivity contribution in [1.29, 1.82) is 0 Å². The lowest BCUT2D eigenvalue weighted by Gasteiger charge is -2.24. The predicted molar refractivity (Wildman–Crippen MR) is 134 cm³/mol. The Morgan fingerprint density at radius 2 is 1.77 bits per heavy atom. The number of aromatic nitrogens is 1. The highest BCUT2D eigenvalue weighted by molar-refractivity contribution is 7.92. The largest absolute Gasteiger partial charge is 0.494 e. The fourth-order valence-electron chi connectivity index (χ4n) is 3.47. The van der Waals surface area contributed by atoms with Crippen molar-refractivity contribution in [2.24, 2.45) is 7.05 Å². The molecule has 0 saturated heterocycles. The Balaban J connectivity index is 1.64. The molecule has 0 radical (unpaired) electrons. The summed E-state index contributed by atoms with van der Waals surface area (Å²) in [5.74, 6) is -0.616. The molecule has 11 heteroatoms. The summed E-state index contributed by atoms with van der Waals surface area (Å²) in [4.78, 5) is 24.5. The number of anilines is 2. The Labute approximate surface area is 205 Å². The van der Waals surface area contributed by atoms with E-state index in [1.165, 1.54) is 16.7 Å². The maximum absolute atomic E-state index is 13.4. The average Bonchev–Trinajstić information content (AvgIpc) is 3.11. The van der Waals surface area contributed by atoms with Gasteiger partial charge in [-0.25, -0.2) is 12.8 Å². The van der Waals surface area contributed by atoms with Crippen molar-refractivity contribution in [3.8, 4) is 5.75 Å². The van der Waals surface area contributed by atoms with Gasteiger partial charge in [0.05, 0.1) is 27.4 Å². The first-order valence-electron chi connectivity index (χ1n) is 10.6. The molecule has 0 saturated carbocycles. The van der Waals surface area contributed by atoms with Gasteiger partial charge in [-0.1, -0.05) is 11.3 Å². The summed E-state index contributed by atoms with van der Waals surface area (Å²) in [5.41, 5.74) is 1.40.